The topological polar surface area (TPSA) is 46.3 Å². The van der Waals surface area contributed by atoms with E-state index >= 15 is 0 Å². The van der Waals surface area contributed by atoms with Crippen molar-refractivity contribution >= 4 is 16.7 Å². The van der Waals surface area contributed by atoms with Crippen molar-refractivity contribution in [3.05, 3.63) is 48.0 Å². The van der Waals surface area contributed by atoms with E-state index in [0.717, 1.165) is 5.56 Å². The summed E-state index contributed by atoms with van der Waals surface area (Å²) in [6.07, 6.45) is 0.568. The minimum atomic E-state index is -0.481. The lowest BCUT2D eigenvalue weighted by Crippen LogP contribution is -2.41. The number of hydrogen-bond acceptors (Lipinski definition) is 2. The molecule has 1 unspecified atom stereocenters. The third-order valence-electron chi connectivity index (χ3n) is 3.08. The average Bonchev–Trinajstić information content (AvgIpc) is 2.38. The number of fused-ring (bicyclic) bond motifs is 1. The quantitative estimate of drug-likeness (QED) is 0.892. The minimum absolute atomic E-state index is 0.0389. The predicted molar refractivity (Wildman–Crippen MR) is 74.3 cm³/mol. The number of amides is 1. The van der Waals surface area contributed by atoms with Gasteiger partial charge in [-0.15, -0.1) is 0 Å². The maximum absolute atomic E-state index is 11.8. The molecular formula is C15H18N2O. The third-order valence-corrected chi connectivity index (χ3v) is 3.08. The molecule has 0 saturated heterocycles. The van der Waals surface area contributed by atoms with Crippen LogP contribution < -0.4 is 5.73 Å². The lowest BCUT2D eigenvalue weighted by Gasteiger charge is -2.17. The summed E-state index contributed by atoms with van der Waals surface area (Å²) in [5.41, 5.74) is 7.07. The molecule has 0 fully saturated rings. The molecule has 2 N–H and O–H groups in total. The molecule has 18 heavy (non-hydrogen) atoms. The molecule has 0 radical (unpaired) electrons. The van der Waals surface area contributed by atoms with Crippen molar-refractivity contribution in [2.45, 2.75) is 12.5 Å². The Bertz CT molecular complexity index is 558. The van der Waals surface area contributed by atoms with Gasteiger partial charge >= 0.3 is 0 Å². The van der Waals surface area contributed by atoms with Crippen LogP contribution in [-0.4, -0.2) is 30.9 Å². The van der Waals surface area contributed by atoms with Crippen LogP contribution in [0.4, 0.5) is 0 Å². The standard InChI is InChI=1S/C15H18N2O/c1-17(2)15(18)14(16)10-12-8-5-7-11-6-3-4-9-13(11)12/h3-9,14H,10,16H2,1-2H3. The number of carbonyl (C=O) groups excluding carboxylic acids is 1. The van der Waals surface area contributed by atoms with Crippen molar-refractivity contribution in [2.24, 2.45) is 5.73 Å². The Kier molecular flexibility index (Phi) is 3.63. The Morgan fingerprint density at radius 2 is 1.83 bits per heavy atom. The molecule has 94 valence electrons. The molecule has 0 aliphatic heterocycles. The first kappa shape index (κ1) is 12.6. The van der Waals surface area contributed by atoms with Crippen LogP contribution in [0.15, 0.2) is 42.5 Å². The molecule has 3 heteroatoms. The number of carbonyl (C=O) groups is 1. The van der Waals surface area contributed by atoms with Gasteiger partial charge in [0.2, 0.25) is 5.91 Å². The first-order valence-electron chi connectivity index (χ1n) is 6.03. The Morgan fingerprint density at radius 3 is 2.56 bits per heavy atom. The molecule has 1 atom stereocenters. The van der Waals surface area contributed by atoms with E-state index in [4.69, 9.17) is 5.73 Å². The number of hydrogen-bond donors (Lipinski definition) is 1. The van der Waals surface area contributed by atoms with Crippen LogP contribution in [0.3, 0.4) is 0 Å². The molecule has 0 aromatic heterocycles. The maximum Gasteiger partial charge on any atom is 0.239 e. The van der Waals surface area contributed by atoms with Gasteiger partial charge in [0.1, 0.15) is 0 Å². The number of likely N-dealkylation sites (N-methyl/N-ethyl adjacent to an activating group) is 1. The Balaban J connectivity index is 2.29. The molecule has 0 aliphatic carbocycles. The van der Waals surface area contributed by atoms with Crippen molar-refractivity contribution in [1.82, 2.24) is 4.90 Å². The summed E-state index contributed by atoms with van der Waals surface area (Å²) in [7, 11) is 3.45. The van der Waals surface area contributed by atoms with Gasteiger partial charge in [0, 0.05) is 14.1 Å². The van der Waals surface area contributed by atoms with Gasteiger partial charge in [-0.1, -0.05) is 42.5 Å². The third kappa shape index (κ3) is 2.51. The molecule has 0 spiro atoms. The van der Waals surface area contributed by atoms with E-state index in [1.54, 1.807) is 14.1 Å². The Hall–Kier alpha value is -1.87. The zero-order valence-electron chi connectivity index (χ0n) is 10.8. The van der Waals surface area contributed by atoms with E-state index in [-0.39, 0.29) is 5.91 Å². The number of rotatable bonds is 3. The summed E-state index contributed by atoms with van der Waals surface area (Å²) in [6, 6.07) is 13.8. The molecule has 0 saturated carbocycles. The molecule has 0 aliphatic rings. The second kappa shape index (κ2) is 5.19. The van der Waals surface area contributed by atoms with Crippen LogP contribution >= 0.6 is 0 Å². The Morgan fingerprint density at radius 1 is 1.17 bits per heavy atom. The maximum atomic E-state index is 11.8. The van der Waals surface area contributed by atoms with Gasteiger partial charge in [0.05, 0.1) is 6.04 Å². The fourth-order valence-corrected chi connectivity index (χ4v) is 2.13. The zero-order chi connectivity index (χ0) is 13.1. The normalized spacial score (nSPS) is 12.4. The van der Waals surface area contributed by atoms with E-state index in [2.05, 4.69) is 18.2 Å². The molecule has 2 aromatic rings. The molecule has 0 bridgehead atoms. The summed E-state index contributed by atoms with van der Waals surface area (Å²) in [4.78, 5) is 13.3. The van der Waals surface area contributed by atoms with Crippen LogP contribution in [-0.2, 0) is 11.2 Å². The summed E-state index contributed by atoms with van der Waals surface area (Å²) in [5.74, 6) is -0.0389. The van der Waals surface area contributed by atoms with E-state index in [1.807, 2.05) is 24.3 Å². The zero-order valence-corrected chi connectivity index (χ0v) is 10.8. The highest BCUT2D eigenvalue weighted by molar-refractivity contribution is 5.87. The highest BCUT2D eigenvalue weighted by atomic mass is 16.2. The van der Waals surface area contributed by atoms with Crippen LogP contribution in [0, 0.1) is 0 Å². The summed E-state index contributed by atoms with van der Waals surface area (Å²) >= 11 is 0. The van der Waals surface area contributed by atoms with E-state index in [9.17, 15) is 4.79 Å². The van der Waals surface area contributed by atoms with Crippen molar-refractivity contribution in [3.63, 3.8) is 0 Å². The van der Waals surface area contributed by atoms with Crippen molar-refractivity contribution in [3.8, 4) is 0 Å². The molecule has 0 heterocycles. The van der Waals surface area contributed by atoms with Crippen LogP contribution in [0.2, 0.25) is 0 Å². The van der Waals surface area contributed by atoms with Gasteiger partial charge in [-0.2, -0.15) is 0 Å². The van der Waals surface area contributed by atoms with Gasteiger partial charge in [-0.3, -0.25) is 4.79 Å². The van der Waals surface area contributed by atoms with Crippen LogP contribution in [0.1, 0.15) is 5.56 Å². The largest absolute Gasteiger partial charge is 0.347 e. The molecule has 2 aromatic carbocycles. The average molecular weight is 242 g/mol. The molecule has 3 nitrogen and oxygen atoms in total. The van der Waals surface area contributed by atoms with E-state index in [0.29, 0.717) is 6.42 Å². The highest BCUT2D eigenvalue weighted by Crippen LogP contribution is 2.19. The minimum Gasteiger partial charge on any atom is -0.347 e. The lowest BCUT2D eigenvalue weighted by molar-refractivity contribution is -0.130. The van der Waals surface area contributed by atoms with Gasteiger partial charge in [-0.25, -0.2) is 0 Å². The predicted octanol–water partition coefficient (Wildman–Crippen LogP) is 1.80. The van der Waals surface area contributed by atoms with Crippen LogP contribution in [0.5, 0.6) is 0 Å². The van der Waals surface area contributed by atoms with Crippen LogP contribution in [0.25, 0.3) is 10.8 Å². The summed E-state index contributed by atoms with van der Waals surface area (Å²) in [6.45, 7) is 0. The van der Waals surface area contributed by atoms with E-state index < -0.39 is 6.04 Å². The van der Waals surface area contributed by atoms with Gasteiger partial charge < -0.3 is 10.6 Å². The lowest BCUT2D eigenvalue weighted by atomic mass is 9.99. The SMILES string of the molecule is CN(C)C(=O)C(N)Cc1cccc2ccccc12. The van der Waals surface area contributed by atoms with Gasteiger partial charge in [0.25, 0.3) is 0 Å². The molecule has 1 amide bonds. The number of nitrogens with two attached hydrogens (primary N) is 1. The monoisotopic (exact) mass is 242 g/mol. The van der Waals surface area contributed by atoms with Gasteiger partial charge in [0.15, 0.2) is 0 Å². The second-order valence-corrected chi connectivity index (χ2v) is 4.68. The van der Waals surface area contributed by atoms with Crippen molar-refractivity contribution in [1.29, 1.82) is 0 Å². The Labute approximate surface area is 107 Å². The highest BCUT2D eigenvalue weighted by Gasteiger charge is 2.16. The van der Waals surface area contributed by atoms with Gasteiger partial charge in [-0.05, 0) is 22.8 Å². The summed E-state index contributed by atoms with van der Waals surface area (Å²) in [5, 5.41) is 2.35. The second-order valence-electron chi connectivity index (χ2n) is 4.68. The summed E-state index contributed by atoms with van der Waals surface area (Å²) < 4.78 is 0. The first-order valence-corrected chi connectivity index (χ1v) is 6.03. The van der Waals surface area contributed by atoms with Crippen molar-refractivity contribution < 1.29 is 4.79 Å². The fraction of sp³-hybridized carbons (Fsp3) is 0.267. The van der Waals surface area contributed by atoms with Crippen molar-refractivity contribution in [2.75, 3.05) is 14.1 Å². The smallest absolute Gasteiger partial charge is 0.239 e. The number of benzene rings is 2. The molecule has 2 rings (SSSR count). The van der Waals surface area contributed by atoms with E-state index in [1.165, 1.54) is 15.7 Å². The fourth-order valence-electron chi connectivity index (χ4n) is 2.13. The number of nitrogens with zero attached hydrogens (tertiary/aromatic N) is 1. The first-order chi connectivity index (χ1) is 8.59. The molecular weight excluding hydrogens is 224 g/mol.